The summed E-state index contributed by atoms with van der Waals surface area (Å²) in [6, 6.07) is 3.09. The molecule has 2 rings (SSSR count). The average Bonchev–Trinajstić information content (AvgIpc) is 2.83. The summed E-state index contributed by atoms with van der Waals surface area (Å²) < 4.78 is 30.7. The van der Waals surface area contributed by atoms with Gasteiger partial charge in [0, 0.05) is 18.5 Å². The minimum absolute atomic E-state index is 0.0854. The molecule has 4 nitrogen and oxygen atoms in total. The zero-order valence-corrected chi connectivity index (χ0v) is 10.9. The molecule has 1 aromatic carbocycles. The van der Waals surface area contributed by atoms with Gasteiger partial charge in [0.05, 0.1) is 6.10 Å². The van der Waals surface area contributed by atoms with Gasteiger partial charge in [0.1, 0.15) is 5.75 Å². The van der Waals surface area contributed by atoms with Crippen LogP contribution in [-0.4, -0.2) is 30.3 Å². The Bertz CT molecular complexity index is 481. The summed E-state index contributed by atoms with van der Waals surface area (Å²) >= 11 is 0. The van der Waals surface area contributed by atoms with E-state index >= 15 is 0 Å². The highest BCUT2D eigenvalue weighted by Crippen LogP contribution is 2.24. The van der Waals surface area contributed by atoms with E-state index in [1.807, 2.05) is 0 Å². The molecule has 1 aromatic rings. The minimum atomic E-state index is -1.02. The zero-order valence-electron chi connectivity index (χ0n) is 10.9. The lowest BCUT2D eigenvalue weighted by atomic mass is 10.1. The molecule has 0 bridgehead atoms. The molecule has 20 heavy (non-hydrogen) atoms. The van der Waals surface area contributed by atoms with Gasteiger partial charge in [0.15, 0.2) is 18.2 Å². The van der Waals surface area contributed by atoms with Crippen molar-refractivity contribution in [1.29, 1.82) is 0 Å². The molecule has 0 aliphatic heterocycles. The number of benzene rings is 1. The van der Waals surface area contributed by atoms with Crippen LogP contribution in [0, 0.1) is 17.6 Å². The average molecular weight is 285 g/mol. The summed E-state index contributed by atoms with van der Waals surface area (Å²) in [7, 11) is 0. The third-order valence-electron chi connectivity index (χ3n) is 3.44. The Morgan fingerprint density at radius 1 is 1.35 bits per heavy atom. The molecule has 1 saturated carbocycles. The first kappa shape index (κ1) is 14.7. The molecular formula is C14H17F2NO3. The molecule has 1 amide bonds. The standard InChI is InChI=1S/C14H17F2NO3/c15-11-5-4-10(6-12(11)16)20-8-14(19)17-7-9-2-1-3-13(9)18/h4-6,9,13,18H,1-3,7-8H2,(H,17,19)/t9-,13+/m0/s1. The fraction of sp³-hybridized carbons (Fsp3) is 0.500. The minimum Gasteiger partial charge on any atom is -0.484 e. The van der Waals surface area contributed by atoms with E-state index < -0.39 is 11.6 Å². The maximum absolute atomic E-state index is 12.9. The molecule has 0 heterocycles. The first-order chi connectivity index (χ1) is 9.56. The van der Waals surface area contributed by atoms with Gasteiger partial charge >= 0.3 is 0 Å². The topological polar surface area (TPSA) is 58.6 Å². The van der Waals surface area contributed by atoms with Crippen LogP contribution in [0.1, 0.15) is 19.3 Å². The molecular weight excluding hydrogens is 268 g/mol. The number of hydrogen-bond acceptors (Lipinski definition) is 3. The monoisotopic (exact) mass is 285 g/mol. The van der Waals surface area contributed by atoms with Crippen molar-refractivity contribution in [2.45, 2.75) is 25.4 Å². The van der Waals surface area contributed by atoms with E-state index in [-0.39, 0.29) is 30.3 Å². The molecule has 2 atom stereocenters. The van der Waals surface area contributed by atoms with Crippen LogP contribution in [0.3, 0.4) is 0 Å². The molecule has 1 aliphatic carbocycles. The molecule has 0 radical (unpaired) electrons. The lowest BCUT2D eigenvalue weighted by molar-refractivity contribution is -0.123. The van der Waals surface area contributed by atoms with Gasteiger partial charge < -0.3 is 15.2 Å². The summed E-state index contributed by atoms with van der Waals surface area (Å²) in [4.78, 5) is 11.5. The molecule has 6 heteroatoms. The lowest BCUT2D eigenvalue weighted by Crippen LogP contribution is -2.35. The van der Waals surface area contributed by atoms with Gasteiger partial charge in [-0.3, -0.25) is 4.79 Å². The predicted molar refractivity (Wildman–Crippen MR) is 68.2 cm³/mol. The SMILES string of the molecule is O=C(COc1ccc(F)c(F)c1)NC[C@@H]1CCC[C@H]1O. The number of amides is 1. The Kier molecular flexibility index (Phi) is 4.89. The Balaban J connectivity index is 1.73. The predicted octanol–water partition coefficient (Wildman–Crippen LogP) is 1.62. The van der Waals surface area contributed by atoms with E-state index in [2.05, 4.69) is 5.32 Å². The molecule has 2 N–H and O–H groups in total. The maximum Gasteiger partial charge on any atom is 0.257 e. The van der Waals surface area contributed by atoms with Crippen LogP contribution in [0.2, 0.25) is 0 Å². The summed E-state index contributed by atoms with van der Waals surface area (Å²) in [6.07, 6.45) is 2.27. The molecule has 110 valence electrons. The smallest absolute Gasteiger partial charge is 0.257 e. The van der Waals surface area contributed by atoms with Crippen molar-refractivity contribution < 1.29 is 23.4 Å². The van der Waals surface area contributed by atoms with Crippen molar-refractivity contribution in [3.05, 3.63) is 29.8 Å². The number of carbonyl (C=O) groups is 1. The Labute approximate surface area is 115 Å². The van der Waals surface area contributed by atoms with Crippen LogP contribution >= 0.6 is 0 Å². The van der Waals surface area contributed by atoms with Crippen molar-refractivity contribution in [1.82, 2.24) is 5.32 Å². The van der Waals surface area contributed by atoms with Gasteiger partial charge in [-0.15, -0.1) is 0 Å². The summed E-state index contributed by atoms with van der Waals surface area (Å²) in [5.74, 6) is -2.15. The summed E-state index contributed by atoms with van der Waals surface area (Å²) in [5, 5.41) is 12.3. The highest BCUT2D eigenvalue weighted by Gasteiger charge is 2.25. The molecule has 0 spiro atoms. The van der Waals surface area contributed by atoms with E-state index in [1.165, 1.54) is 6.07 Å². The number of rotatable bonds is 5. The fourth-order valence-electron chi connectivity index (χ4n) is 2.27. The number of aliphatic hydroxyl groups is 1. The van der Waals surface area contributed by atoms with Crippen LogP contribution in [-0.2, 0) is 4.79 Å². The van der Waals surface area contributed by atoms with Crippen molar-refractivity contribution in [2.24, 2.45) is 5.92 Å². The largest absolute Gasteiger partial charge is 0.484 e. The number of hydrogen-bond donors (Lipinski definition) is 2. The quantitative estimate of drug-likeness (QED) is 0.864. The third-order valence-corrected chi connectivity index (χ3v) is 3.44. The lowest BCUT2D eigenvalue weighted by Gasteiger charge is -2.15. The number of aliphatic hydroxyl groups excluding tert-OH is 1. The van der Waals surface area contributed by atoms with Crippen molar-refractivity contribution >= 4 is 5.91 Å². The number of halogens is 2. The van der Waals surface area contributed by atoms with E-state index in [9.17, 15) is 18.7 Å². The second-order valence-corrected chi connectivity index (χ2v) is 4.93. The summed E-state index contributed by atoms with van der Waals surface area (Å²) in [6.45, 7) is 0.134. The number of carbonyl (C=O) groups excluding carboxylic acids is 1. The second kappa shape index (κ2) is 6.65. The highest BCUT2D eigenvalue weighted by atomic mass is 19.2. The van der Waals surface area contributed by atoms with E-state index in [1.54, 1.807) is 0 Å². The van der Waals surface area contributed by atoms with Crippen molar-refractivity contribution in [3.8, 4) is 5.75 Å². The summed E-state index contributed by atoms with van der Waals surface area (Å²) in [5.41, 5.74) is 0. The van der Waals surface area contributed by atoms with Crippen LogP contribution in [0.4, 0.5) is 8.78 Å². The van der Waals surface area contributed by atoms with Gasteiger partial charge in [0.2, 0.25) is 0 Å². The van der Waals surface area contributed by atoms with Gasteiger partial charge in [-0.25, -0.2) is 8.78 Å². The first-order valence-corrected chi connectivity index (χ1v) is 6.59. The van der Waals surface area contributed by atoms with E-state index in [0.29, 0.717) is 6.54 Å². The molecule has 0 unspecified atom stereocenters. The maximum atomic E-state index is 12.9. The molecule has 0 aromatic heterocycles. The van der Waals surface area contributed by atoms with Gasteiger partial charge in [-0.05, 0) is 25.0 Å². The Hall–Kier alpha value is -1.69. The van der Waals surface area contributed by atoms with Crippen LogP contribution in [0.5, 0.6) is 5.75 Å². The fourth-order valence-corrected chi connectivity index (χ4v) is 2.27. The van der Waals surface area contributed by atoms with Crippen LogP contribution < -0.4 is 10.1 Å². The Morgan fingerprint density at radius 2 is 2.15 bits per heavy atom. The van der Waals surface area contributed by atoms with Crippen LogP contribution in [0.15, 0.2) is 18.2 Å². The normalized spacial score (nSPS) is 21.8. The van der Waals surface area contributed by atoms with Gasteiger partial charge in [-0.2, -0.15) is 0 Å². The number of ether oxygens (including phenoxy) is 1. The van der Waals surface area contributed by atoms with E-state index in [4.69, 9.17) is 4.74 Å². The van der Waals surface area contributed by atoms with Crippen molar-refractivity contribution in [2.75, 3.05) is 13.2 Å². The second-order valence-electron chi connectivity index (χ2n) is 4.93. The Morgan fingerprint density at radius 3 is 2.80 bits per heavy atom. The van der Waals surface area contributed by atoms with Crippen molar-refractivity contribution in [3.63, 3.8) is 0 Å². The van der Waals surface area contributed by atoms with Gasteiger partial charge in [-0.1, -0.05) is 6.42 Å². The van der Waals surface area contributed by atoms with Crippen LogP contribution in [0.25, 0.3) is 0 Å². The third kappa shape index (κ3) is 3.90. The zero-order chi connectivity index (χ0) is 14.5. The van der Waals surface area contributed by atoms with Gasteiger partial charge in [0.25, 0.3) is 5.91 Å². The molecule has 0 saturated heterocycles. The number of nitrogens with one attached hydrogen (secondary N) is 1. The highest BCUT2D eigenvalue weighted by molar-refractivity contribution is 5.77. The first-order valence-electron chi connectivity index (χ1n) is 6.59. The molecule has 1 aliphatic rings. The molecule has 1 fully saturated rings. The van der Waals surface area contributed by atoms with E-state index in [0.717, 1.165) is 31.4 Å².